The lowest BCUT2D eigenvalue weighted by atomic mass is 10.2. The zero-order valence-electron chi connectivity index (χ0n) is 14.6. The molecule has 1 aromatic heterocycles. The molecule has 0 aliphatic rings. The number of aliphatic hydroxyl groups excluding tert-OH is 1. The molecule has 1 atom stereocenters. The molecule has 0 fully saturated rings. The minimum atomic E-state index is -0.785. The second-order valence-corrected chi connectivity index (χ2v) is 6.13. The van der Waals surface area contributed by atoms with Crippen LogP contribution in [0.3, 0.4) is 0 Å². The number of hydrogen-bond donors (Lipinski definition) is 2. The molecule has 3 aromatic rings. The summed E-state index contributed by atoms with van der Waals surface area (Å²) in [4.78, 5) is 12.3. The third-order valence-corrected chi connectivity index (χ3v) is 3.94. The minimum absolute atomic E-state index is 0.118. The average Bonchev–Trinajstić information content (AvgIpc) is 3.19. The Balaban J connectivity index is 1.51. The first-order valence-corrected chi connectivity index (χ1v) is 8.51. The number of nitrogens with one attached hydrogen (secondary N) is 1. The summed E-state index contributed by atoms with van der Waals surface area (Å²) in [6.07, 6.45) is 3.05. The molecule has 26 heavy (non-hydrogen) atoms. The van der Waals surface area contributed by atoms with Crippen LogP contribution in [0.15, 0.2) is 73.1 Å². The van der Waals surface area contributed by atoms with E-state index in [0.29, 0.717) is 11.3 Å². The van der Waals surface area contributed by atoms with Crippen molar-refractivity contribution in [2.75, 3.05) is 13.2 Å². The third-order valence-electron chi connectivity index (χ3n) is 3.94. The number of carbonyl (C=O) groups is 1. The van der Waals surface area contributed by atoms with E-state index in [-0.39, 0.29) is 19.1 Å². The standard InChI is InChI=1S/C21H22N2O3/c1-16-6-4-9-20(12-16)26-15-19(24)14-22-21(25)17-7-5-8-18(13-17)23-10-2-3-11-23/h2-13,19,24H,14-15H2,1H3,(H,22,25). The van der Waals surface area contributed by atoms with Crippen LogP contribution < -0.4 is 10.1 Å². The summed E-state index contributed by atoms with van der Waals surface area (Å²) in [5, 5.41) is 12.8. The predicted octanol–water partition coefficient (Wildman–Crippen LogP) is 2.96. The molecule has 5 heteroatoms. The zero-order chi connectivity index (χ0) is 18.4. The van der Waals surface area contributed by atoms with Gasteiger partial charge in [0.1, 0.15) is 18.5 Å². The van der Waals surface area contributed by atoms with Crippen molar-refractivity contribution in [3.63, 3.8) is 0 Å². The maximum atomic E-state index is 12.3. The van der Waals surface area contributed by atoms with Gasteiger partial charge in [0.2, 0.25) is 0 Å². The largest absolute Gasteiger partial charge is 0.491 e. The normalized spacial score (nSPS) is 11.8. The van der Waals surface area contributed by atoms with Gasteiger partial charge in [-0.25, -0.2) is 0 Å². The van der Waals surface area contributed by atoms with E-state index in [0.717, 1.165) is 11.3 Å². The molecule has 2 aromatic carbocycles. The summed E-state index contributed by atoms with van der Waals surface area (Å²) in [6, 6.07) is 18.8. The van der Waals surface area contributed by atoms with Crippen LogP contribution in [0, 0.1) is 6.92 Å². The predicted molar refractivity (Wildman–Crippen MR) is 101 cm³/mol. The molecule has 1 amide bonds. The number of ether oxygens (including phenoxy) is 1. The van der Waals surface area contributed by atoms with Crippen LogP contribution in [0.1, 0.15) is 15.9 Å². The van der Waals surface area contributed by atoms with E-state index >= 15 is 0 Å². The van der Waals surface area contributed by atoms with Gasteiger partial charge in [-0.2, -0.15) is 0 Å². The van der Waals surface area contributed by atoms with E-state index in [9.17, 15) is 9.90 Å². The van der Waals surface area contributed by atoms with E-state index in [1.165, 1.54) is 0 Å². The quantitative estimate of drug-likeness (QED) is 0.689. The Morgan fingerprint density at radius 2 is 1.88 bits per heavy atom. The van der Waals surface area contributed by atoms with E-state index in [4.69, 9.17) is 4.74 Å². The summed E-state index contributed by atoms with van der Waals surface area (Å²) >= 11 is 0. The molecular weight excluding hydrogens is 328 g/mol. The molecule has 134 valence electrons. The topological polar surface area (TPSA) is 63.5 Å². The first kappa shape index (κ1) is 17.8. The van der Waals surface area contributed by atoms with Crippen LogP contribution in [-0.2, 0) is 0 Å². The van der Waals surface area contributed by atoms with Crippen molar-refractivity contribution in [1.82, 2.24) is 9.88 Å². The lowest BCUT2D eigenvalue weighted by molar-refractivity contribution is 0.0843. The third kappa shape index (κ3) is 4.74. The van der Waals surface area contributed by atoms with Gasteiger partial charge in [0.25, 0.3) is 5.91 Å². The molecule has 1 heterocycles. The van der Waals surface area contributed by atoms with Gasteiger partial charge in [-0.15, -0.1) is 0 Å². The minimum Gasteiger partial charge on any atom is -0.491 e. The lowest BCUT2D eigenvalue weighted by Crippen LogP contribution is -2.35. The van der Waals surface area contributed by atoms with E-state index < -0.39 is 6.10 Å². The number of aryl methyl sites for hydroxylation is 1. The summed E-state index contributed by atoms with van der Waals surface area (Å²) in [7, 11) is 0. The number of amides is 1. The van der Waals surface area contributed by atoms with Gasteiger partial charge >= 0.3 is 0 Å². The highest BCUT2D eigenvalue weighted by Crippen LogP contribution is 2.13. The van der Waals surface area contributed by atoms with E-state index in [1.54, 1.807) is 6.07 Å². The molecule has 0 bridgehead atoms. The molecule has 3 rings (SSSR count). The van der Waals surface area contributed by atoms with E-state index in [1.807, 2.05) is 78.5 Å². The smallest absolute Gasteiger partial charge is 0.251 e. The Hall–Kier alpha value is -3.05. The van der Waals surface area contributed by atoms with Crippen LogP contribution in [0.2, 0.25) is 0 Å². The zero-order valence-corrected chi connectivity index (χ0v) is 14.6. The molecule has 0 aliphatic carbocycles. The van der Waals surface area contributed by atoms with Gasteiger partial charge in [-0.05, 0) is 55.0 Å². The second kappa shape index (κ2) is 8.36. The van der Waals surface area contributed by atoms with Crippen LogP contribution >= 0.6 is 0 Å². The number of carbonyl (C=O) groups excluding carboxylic acids is 1. The van der Waals surface area contributed by atoms with Crippen molar-refractivity contribution in [2.24, 2.45) is 0 Å². The number of hydrogen-bond acceptors (Lipinski definition) is 3. The van der Waals surface area contributed by atoms with Gasteiger partial charge in [0.15, 0.2) is 0 Å². The highest BCUT2D eigenvalue weighted by molar-refractivity contribution is 5.94. The van der Waals surface area contributed by atoms with Crippen molar-refractivity contribution < 1.29 is 14.6 Å². The Morgan fingerprint density at radius 3 is 2.65 bits per heavy atom. The summed E-state index contributed by atoms with van der Waals surface area (Å²) in [6.45, 7) is 2.22. The fourth-order valence-electron chi connectivity index (χ4n) is 2.58. The highest BCUT2D eigenvalue weighted by atomic mass is 16.5. The fourth-order valence-corrected chi connectivity index (χ4v) is 2.58. The Bertz CT molecular complexity index is 859. The molecular formula is C21H22N2O3. The van der Waals surface area contributed by atoms with Crippen molar-refractivity contribution in [2.45, 2.75) is 13.0 Å². The molecule has 0 saturated carbocycles. The lowest BCUT2D eigenvalue weighted by Gasteiger charge is -2.14. The van der Waals surface area contributed by atoms with Crippen LogP contribution in [0.25, 0.3) is 5.69 Å². The first-order chi connectivity index (χ1) is 12.6. The molecule has 0 aliphatic heterocycles. The van der Waals surface area contributed by atoms with Crippen LogP contribution in [-0.4, -0.2) is 34.8 Å². The molecule has 0 spiro atoms. The SMILES string of the molecule is Cc1cccc(OCC(O)CNC(=O)c2cccc(-n3cccc3)c2)c1. The Kier molecular flexibility index (Phi) is 5.71. The monoisotopic (exact) mass is 350 g/mol. The van der Waals surface area contributed by atoms with Gasteiger partial charge in [0.05, 0.1) is 0 Å². The number of rotatable bonds is 7. The summed E-state index contributed by atoms with van der Waals surface area (Å²) < 4.78 is 7.48. The van der Waals surface area contributed by atoms with E-state index in [2.05, 4.69) is 5.32 Å². The van der Waals surface area contributed by atoms with Crippen molar-refractivity contribution >= 4 is 5.91 Å². The van der Waals surface area contributed by atoms with Crippen molar-refractivity contribution in [3.8, 4) is 11.4 Å². The molecule has 2 N–H and O–H groups in total. The number of aliphatic hydroxyl groups is 1. The molecule has 0 radical (unpaired) electrons. The molecule has 5 nitrogen and oxygen atoms in total. The van der Waals surface area contributed by atoms with Gasteiger partial charge in [0, 0.05) is 30.2 Å². The Labute approximate surface area is 152 Å². The average molecular weight is 350 g/mol. The maximum absolute atomic E-state index is 12.3. The summed E-state index contributed by atoms with van der Waals surface area (Å²) in [5.74, 6) is 0.475. The van der Waals surface area contributed by atoms with Crippen molar-refractivity contribution in [3.05, 3.63) is 84.2 Å². The second-order valence-electron chi connectivity index (χ2n) is 6.13. The van der Waals surface area contributed by atoms with Crippen LogP contribution in [0.5, 0.6) is 5.75 Å². The van der Waals surface area contributed by atoms with Crippen molar-refractivity contribution in [1.29, 1.82) is 0 Å². The molecule has 1 unspecified atom stereocenters. The van der Waals surface area contributed by atoms with Gasteiger partial charge in [-0.1, -0.05) is 18.2 Å². The number of aromatic nitrogens is 1. The first-order valence-electron chi connectivity index (χ1n) is 8.51. The fraction of sp³-hybridized carbons (Fsp3) is 0.190. The molecule has 0 saturated heterocycles. The number of nitrogens with zero attached hydrogens (tertiary/aromatic N) is 1. The number of benzene rings is 2. The van der Waals surface area contributed by atoms with Crippen LogP contribution in [0.4, 0.5) is 0 Å². The van der Waals surface area contributed by atoms with Gasteiger partial charge in [-0.3, -0.25) is 4.79 Å². The Morgan fingerprint density at radius 1 is 1.12 bits per heavy atom. The maximum Gasteiger partial charge on any atom is 0.251 e. The summed E-state index contributed by atoms with van der Waals surface area (Å²) in [5.41, 5.74) is 2.54. The highest BCUT2D eigenvalue weighted by Gasteiger charge is 2.11. The van der Waals surface area contributed by atoms with Gasteiger partial charge < -0.3 is 19.7 Å².